The van der Waals surface area contributed by atoms with E-state index in [9.17, 15) is 27.6 Å². The first-order valence-corrected chi connectivity index (χ1v) is 13.8. The molecule has 1 aliphatic heterocycles. The van der Waals surface area contributed by atoms with Crippen LogP contribution in [0.15, 0.2) is 71.7 Å². The van der Waals surface area contributed by atoms with Gasteiger partial charge in [0.05, 0.1) is 38.1 Å². The number of nitrogens with one attached hydrogen (secondary N) is 1. The Hall–Kier alpha value is -4.52. The second-order valence-electron chi connectivity index (χ2n) is 9.30. The number of esters is 1. The second-order valence-corrected chi connectivity index (χ2v) is 10.5. The van der Waals surface area contributed by atoms with Crippen LogP contribution in [0, 0.1) is 0 Å². The monoisotopic (exact) mass is 615 g/mol. The number of rotatable bonds is 10. The number of thioether (sulfide) groups is 1. The molecule has 1 saturated heterocycles. The Balaban J connectivity index is 1.54. The van der Waals surface area contributed by atoms with Crippen molar-refractivity contribution < 1.29 is 41.8 Å². The molecule has 43 heavy (non-hydrogen) atoms. The SMILES string of the molecule is COC(=O)c1ccc(NC(=O)CC2SC(=Nc3cccc(C(F)(F)F)c3)N(CCc3ccc(OC)c(OC)c3)C2=O)cc1. The number of halogens is 3. The predicted octanol–water partition coefficient (Wildman–Crippen LogP) is 5.71. The third kappa shape index (κ3) is 7.86. The molecule has 1 N–H and O–H groups in total. The lowest BCUT2D eigenvalue weighted by molar-refractivity contribution is -0.137. The zero-order valence-corrected chi connectivity index (χ0v) is 24.3. The highest BCUT2D eigenvalue weighted by Crippen LogP contribution is 2.35. The van der Waals surface area contributed by atoms with E-state index >= 15 is 0 Å². The lowest BCUT2D eigenvalue weighted by Gasteiger charge is -2.17. The van der Waals surface area contributed by atoms with Crippen molar-refractivity contribution in [3.05, 3.63) is 83.4 Å². The number of benzene rings is 3. The summed E-state index contributed by atoms with van der Waals surface area (Å²) in [5, 5.41) is 2.02. The molecule has 9 nitrogen and oxygen atoms in total. The van der Waals surface area contributed by atoms with Crippen LogP contribution in [0.4, 0.5) is 24.5 Å². The summed E-state index contributed by atoms with van der Waals surface area (Å²) in [4.78, 5) is 43.7. The molecule has 0 spiro atoms. The second kappa shape index (κ2) is 13.6. The molecule has 3 aromatic rings. The maximum atomic E-state index is 13.5. The Morgan fingerprint density at radius 2 is 1.70 bits per heavy atom. The Bertz CT molecular complexity index is 1530. The van der Waals surface area contributed by atoms with Gasteiger partial charge in [-0.3, -0.25) is 14.5 Å². The normalized spacial score (nSPS) is 15.9. The van der Waals surface area contributed by atoms with Crippen LogP contribution < -0.4 is 14.8 Å². The van der Waals surface area contributed by atoms with Gasteiger partial charge in [-0.25, -0.2) is 9.79 Å². The minimum atomic E-state index is -4.56. The van der Waals surface area contributed by atoms with E-state index in [1.54, 1.807) is 12.1 Å². The van der Waals surface area contributed by atoms with Crippen LogP contribution in [0.3, 0.4) is 0 Å². The quantitative estimate of drug-likeness (QED) is 0.291. The molecule has 1 fully saturated rings. The molecule has 0 aliphatic carbocycles. The van der Waals surface area contributed by atoms with Gasteiger partial charge in [-0.2, -0.15) is 13.2 Å². The number of methoxy groups -OCH3 is 3. The van der Waals surface area contributed by atoms with E-state index in [4.69, 9.17) is 9.47 Å². The van der Waals surface area contributed by atoms with Crippen molar-refractivity contribution >= 4 is 46.1 Å². The zero-order valence-electron chi connectivity index (χ0n) is 23.4. The lowest BCUT2D eigenvalue weighted by Crippen LogP contribution is -2.35. The zero-order chi connectivity index (χ0) is 31.1. The van der Waals surface area contributed by atoms with Gasteiger partial charge in [0.2, 0.25) is 11.8 Å². The predicted molar refractivity (Wildman–Crippen MR) is 156 cm³/mol. The summed E-state index contributed by atoms with van der Waals surface area (Å²) in [5.41, 5.74) is 0.705. The first kappa shape index (κ1) is 31.4. The number of ether oxygens (including phenoxy) is 3. The smallest absolute Gasteiger partial charge is 0.416 e. The fourth-order valence-electron chi connectivity index (χ4n) is 4.26. The maximum Gasteiger partial charge on any atom is 0.416 e. The molecule has 13 heteroatoms. The summed E-state index contributed by atoms with van der Waals surface area (Å²) in [7, 11) is 4.28. The van der Waals surface area contributed by atoms with Crippen molar-refractivity contribution in [2.24, 2.45) is 4.99 Å². The molecule has 4 rings (SSSR count). The summed E-state index contributed by atoms with van der Waals surface area (Å²) in [6, 6.07) is 15.9. The van der Waals surface area contributed by atoms with Gasteiger partial charge in [0.25, 0.3) is 0 Å². The molecule has 2 amide bonds. The third-order valence-electron chi connectivity index (χ3n) is 6.45. The van der Waals surface area contributed by atoms with E-state index in [-0.39, 0.29) is 23.8 Å². The van der Waals surface area contributed by atoms with Gasteiger partial charge in [-0.1, -0.05) is 23.9 Å². The number of alkyl halides is 3. The van der Waals surface area contributed by atoms with Crippen LogP contribution in [-0.4, -0.2) is 61.0 Å². The lowest BCUT2D eigenvalue weighted by atomic mass is 10.1. The van der Waals surface area contributed by atoms with E-state index in [0.29, 0.717) is 29.2 Å². The molecule has 0 radical (unpaired) electrons. The molecular weight excluding hydrogens is 587 g/mol. The van der Waals surface area contributed by atoms with Gasteiger partial charge < -0.3 is 19.5 Å². The Kier molecular flexibility index (Phi) is 9.96. The summed E-state index contributed by atoms with van der Waals surface area (Å²) >= 11 is 1.01. The number of carbonyl (C=O) groups is 3. The molecule has 1 heterocycles. The van der Waals surface area contributed by atoms with Crippen molar-refractivity contribution in [3.63, 3.8) is 0 Å². The Morgan fingerprint density at radius 3 is 2.35 bits per heavy atom. The summed E-state index contributed by atoms with van der Waals surface area (Å²) < 4.78 is 55.2. The molecule has 0 saturated carbocycles. The van der Waals surface area contributed by atoms with E-state index in [1.165, 1.54) is 62.6 Å². The van der Waals surface area contributed by atoms with Gasteiger partial charge >= 0.3 is 12.1 Å². The molecule has 1 unspecified atom stereocenters. The number of anilines is 1. The fraction of sp³-hybridized carbons (Fsp3) is 0.267. The topological polar surface area (TPSA) is 107 Å². The van der Waals surface area contributed by atoms with Gasteiger partial charge in [0, 0.05) is 18.7 Å². The molecule has 226 valence electrons. The van der Waals surface area contributed by atoms with Crippen LogP contribution in [0.2, 0.25) is 0 Å². The number of hydrogen-bond acceptors (Lipinski definition) is 8. The van der Waals surface area contributed by atoms with Gasteiger partial charge in [0.1, 0.15) is 5.25 Å². The molecule has 1 atom stereocenters. The van der Waals surface area contributed by atoms with Gasteiger partial charge in [0.15, 0.2) is 16.7 Å². The number of amides is 2. The Labute approximate surface area is 250 Å². The third-order valence-corrected chi connectivity index (χ3v) is 7.63. The van der Waals surface area contributed by atoms with Crippen LogP contribution >= 0.6 is 11.8 Å². The number of nitrogens with zero attached hydrogens (tertiary/aromatic N) is 2. The van der Waals surface area contributed by atoms with E-state index in [2.05, 4.69) is 15.0 Å². The van der Waals surface area contributed by atoms with Crippen molar-refractivity contribution in [1.82, 2.24) is 4.90 Å². The van der Waals surface area contributed by atoms with Crippen LogP contribution in [0.1, 0.15) is 27.9 Å². The van der Waals surface area contributed by atoms with E-state index < -0.39 is 34.8 Å². The number of amidine groups is 1. The van der Waals surface area contributed by atoms with Crippen molar-refractivity contribution in [1.29, 1.82) is 0 Å². The van der Waals surface area contributed by atoms with E-state index in [0.717, 1.165) is 29.5 Å². The highest BCUT2D eigenvalue weighted by Gasteiger charge is 2.39. The van der Waals surface area contributed by atoms with Crippen molar-refractivity contribution in [2.75, 3.05) is 33.2 Å². The minimum Gasteiger partial charge on any atom is -0.493 e. The number of hydrogen-bond donors (Lipinski definition) is 1. The van der Waals surface area contributed by atoms with E-state index in [1.807, 2.05) is 6.07 Å². The maximum absolute atomic E-state index is 13.5. The Morgan fingerprint density at radius 1 is 0.977 bits per heavy atom. The minimum absolute atomic E-state index is 0.0250. The highest BCUT2D eigenvalue weighted by molar-refractivity contribution is 8.15. The average Bonchev–Trinajstić information content (AvgIpc) is 3.28. The average molecular weight is 616 g/mol. The summed E-state index contributed by atoms with van der Waals surface area (Å²) in [6.07, 6.45) is -4.39. The molecule has 3 aromatic carbocycles. The molecule has 1 aliphatic rings. The van der Waals surface area contributed by atoms with Crippen LogP contribution in [0.25, 0.3) is 0 Å². The standard InChI is InChI=1S/C30H28F3N3O6S/c1-40-23-12-7-18(15-24(23)41-2)13-14-36-27(38)25(17-26(37)34-21-10-8-19(9-11-21)28(39)42-3)43-29(36)35-22-6-4-5-20(16-22)30(31,32)33/h4-12,15-16,25H,13-14,17H2,1-3H3,(H,34,37). The van der Waals surface area contributed by atoms with Crippen LogP contribution in [-0.2, 0) is 26.9 Å². The van der Waals surface area contributed by atoms with Crippen LogP contribution in [0.5, 0.6) is 11.5 Å². The van der Waals surface area contributed by atoms with Crippen molar-refractivity contribution in [2.45, 2.75) is 24.3 Å². The molecular formula is C30H28F3N3O6S. The molecule has 0 bridgehead atoms. The largest absolute Gasteiger partial charge is 0.493 e. The first-order chi connectivity index (χ1) is 20.5. The number of carbonyl (C=O) groups excluding carboxylic acids is 3. The first-order valence-electron chi connectivity index (χ1n) is 13.0. The van der Waals surface area contributed by atoms with Gasteiger partial charge in [-0.05, 0) is 66.6 Å². The van der Waals surface area contributed by atoms with Gasteiger partial charge in [-0.15, -0.1) is 0 Å². The summed E-state index contributed by atoms with van der Waals surface area (Å²) in [6.45, 7) is 0.159. The summed E-state index contributed by atoms with van der Waals surface area (Å²) in [5.74, 6) is -0.332. The highest BCUT2D eigenvalue weighted by atomic mass is 32.2. The number of aliphatic imine (C=N–C) groups is 1. The fourth-order valence-corrected chi connectivity index (χ4v) is 5.44. The molecule has 0 aromatic heterocycles. The van der Waals surface area contributed by atoms with Crippen molar-refractivity contribution in [3.8, 4) is 11.5 Å².